The predicted octanol–water partition coefficient (Wildman–Crippen LogP) is 2.57. The molecule has 0 radical (unpaired) electrons. The van der Waals surface area contributed by atoms with Crippen molar-refractivity contribution in [3.63, 3.8) is 0 Å². The van der Waals surface area contributed by atoms with Crippen molar-refractivity contribution in [1.82, 2.24) is 4.90 Å². The van der Waals surface area contributed by atoms with Crippen molar-refractivity contribution in [1.29, 1.82) is 0 Å². The second kappa shape index (κ2) is 7.28. The molecule has 0 aromatic heterocycles. The van der Waals surface area contributed by atoms with Crippen molar-refractivity contribution in [3.05, 3.63) is 34.9 Å². The van der Waals surface area contributed by atoms with Gasteiger partial charge in [-0.25, -0.2) is 0 Å². The molecule has 1 amide bonds. The van der Waals surface area contributed by atoms with E-state index < -0.39 is 0 Å². The molecule has 1 aliphatic rings. The summed E-state index contributed by atoms with van der Waals surface area (Å²) in [5.74, 6) is 6.63. The van der Waals surface area contributed by atoms with Crippen LogP contribution in [-0.2, 0) is 0 Å². The Kier molecular flexibility index (Phi) is 5.41. The van der Waals surface area contributed by atoms with Crippen molar-refractivity contribution >= 4 is 5.91 Å². The standard InChI is InChI=1S/C18H24N2O/c1-3-5-15-9-11-20(13-15)18(21)17-12-14(2)7-8-16(17)6-4-10-19/h7-8,12,15H,3,5,9-11,13,19H2,1-2H3. The summed E-state index contributed by atoms with van der Waals surface area (Å²) in [6.45, 7) is 6.25. The Bertz CT molecular complexity index is 568. The largest absolute Gasteiger partial charge is 0.338 e. The summed E-state index contributed by atoms with van der Waals surface area (Å²) >= 11 is 0. The van der Waals surface area contributed by atoms with E-state index in [-0.39, 0.29) is 5.91 Å². The van der Waals surface area contributed by atoms with E-state index in [1.807, 2.05) is 30.0 Å². The number of aryl methyl sites for hydroxylation is 1. The molecule has 2 N–H and O–H groups in total. The number of carbonyl (C=O) groups excluding carboxylic acids is 1. The van der Waals surface area contributed by atoms with Crippen molar-refractivity contribution in [2.45, 2.75) is 33.1 Å². The Morgan fingerprint density at radius 3 is 3.00 bits per heavy atom. The van der Waals surface area contributed by atoms with Crippen LogP contribution in [0.3, 0.4) is 0 Å². The van der Waals surface area contributed by atoms with Crippen LogP contribution in [0.15, 0.2) is 18.2 Å². The first-order valence-electron chi connectivity index (χ1n) is 7.74. The summed E-state index contributed by atoms with van der Waals surface area (Å²) in [7, 11) is 0. The fourth-order valence-corrected chi connectivity index (χ4v) is 2.92. The summed E-state index contributed by atoms with van der Waals surface area (Å²) < 4.78 is 0. The number of amides is 1. The Labute approximate surface area is 127 Å². The van der Waals surface area contributed by atoms with Crippen LogP contribution in [0.4, 0.5) is 0 Å². The zero-order chi connectivity index (χ0) is 15.2. The molecule has 1 saturated heterocycles. The lowest BCUT2D eigenvalue weighted by Crippen LogP contribution is -2.29. The van der Waals surface area contributed by atoms with Gasteiger partial charge in [0, 0.05) is 18.7 Å². The molecule has 1 fully saturated rings. The topological polar surface area (TPSA) is 46.3 Å². The van der Waals surface area contributed by atoms with Gasteiger partial charge in [-0.1, -0.05) is 36.8 Å². The van der Waals surface area contributed by atoms with Crippen LogP contribution in [0, 0.1) is 24.7 Å². The summed E-state index contributed by atoms with van der Waals surface area (Å²) in [5.41, 5.74) is 8.02. The Morgan fingerprint density at radius 1 is 1.48 bits per heavy atom. The molecule has 3 nitrogen and oxygen atoms in total. The zero-order valence-corrected chi connectivity index (χ0v) is 13.0. The first-order chi connectivity index (χ1) is 10.2. The van der Waals surface area contributed by atoms with Gasteiger partial charge >= 0.3 is 0 Å². The molecule has 1 heterocycles. The van der Waals surface area contributed by atoms with Gasteiger partial charge in [0.25, 0.3) is 5.91 Å². The summed E-state index contributed by atoms with van der Waals surface area (Å²) in [6, 6.07) is 5.85. The van der Waals surface area contributed by atoms with Crippen LogP contribution >= 0.6 is 0 Å². The third kappa shape index (κ3) is 3.86. The number of likely N-dealkylation sites (tertiary alicyclic amines) is 1. The molecule has 0 spiro atoms. The molecule has 0 bridgehead atoms. The molecular formula is C18H24N2O. The average molecular weight is 284 g/mol. The monoisotopic (exact) mass is 284 g/mol. The van der Waals surface area contributed by atoms with E-state index in [0.717, 1.165) is 30.6 Å². The van der Waals surface area contributed by atoms with E-state index in [1.54, 1.807) is 0 Å². The van der Waals surface area contributed by atoms with Gasteiger partial charge in [-0.3, -0.25) is 4.79 Å². The van der Waals surface area contributed by atoms with Crippen LogP contribution in [0.2, 0.25) is 0 Å². The van der Waals surface area contributed by atoms with E-state index >= 15 is 0 Å². The fourth-order valence-electron chi connectivity index (χ4n) is 2.92. The van der Waals surface area contributed by atoms with Crippen molar-refractivity contribution in [2.75, 3.05) is 19.6 Å². The SMILES string of the molecule is CCCC1CCN(C(=O)c2cc(C)ccc2C#CCN)C1. The van der Waals surface area contributed by atoms with Crippen LogP contribution in [-0.4, -0.2) is 30.4 Å². The summed E-state index contributed by atoms with van der Waals surface area (Å²) in [5, 5.41) is 0. The molecule has 1 aromatic rings. The lowest BCUT2D eigenvalue weighted by atomic mass is 10.0. The molecule has 3 heteroatoms. The quantitative estimate of drug-likeness (QED) is 0.867. The maximum Gasteiger partial charge on any atom is 0.255 e. The number of nitrogens with zero attached hydrogens (tertiary/aromatic N) is 1. The highest BCUT2D eigenvalue weighted by Crippen LogP contribution is 2.23. The summed E-state index contributed by atoms with van der Waals surface area (Å²) in [4.78, 5) is 14.7. The van der Waals surface area contributed by atoms with Crippen molar-refractivity contribution in [2.24, 2.45) is 11.7 Å². The first-order valence-corrected chi connectivity index (χ1v) is 7.74. The molecule has 0 aliphatic carbocycles. The highest BCUT2D eigenvalue weighted by molar-refractivity contribution is 5.97. The lowest BCUT2D eigenvalue weighted by molar-refractivity contribution is 0.0786. The Morgan fingerprint density at radius 2 is 2.29 bits per heavy atom. The molecule has 1 aliphatic heterocycles. The second-order valence-corrected chi connectivity index (χ2v) is 5.75. The van der Waals surface area contributed by atoms with Crippen molar-refractivity contribution < 1.29 is 4.79 Å². The number of carbonyl (C=O) groups is 1. The second-order valence-electron chi connectivity index (χ2n) is 5.75. The minimum absolute atomic E-state index is 0.110. The highest BCUT2D eigenvalue weighted by Gasteiger charge is 2.27. The van der Waals surface area contributed by atoms with Gasteiger partial charge in [-0.15, -0.1) is 0 Å². The maximum absolute atomic E-state index is 12.8. The third-order valence-corrected chi connectivity index (χ3v) is 4.00. The van der Waals surface area contributed by atoms with E-state index in [2.05, 4.69) is 18.8 Å². The molecule has 1 aromatic carbocycles. The summed E-state index contributed by atoms with van der Waals surface area (Å²) in [6.07, 6.45) is 3.51. The molecule has 1 unspecified atom stereocenters. The Hall–Kier alpha value is -1.79. The van der Waals surface area contributed by atoms with Crippen LogP contribution in [0.1, 0.15) is 47.7 Å². The van der Waals surface area contributed by atoms with Crippen LogP contribution < -0.4 is 5.73 Å². The zero-order valence-electron chi connectivity index (χ0n) is 13.0. The van der Waals surface area contributed by atoms with Gasteiger partial charge in [0.1, 0.15) is 0 Å². The van der Waals surface area contributed by atoms with E-state index in [4.69, 9.17) is 5.73 Å². The lowest BCUT2D eigenvalue weighted by Gasteiger charge is -2.18. The molecule has 2 rings (SSSR count). The van der Waals surface area contributed by atoms with Gasteiger partial charge < -0.3 is 10.6 Å². The molecular weight excluding hydrogens is 260 g/mol. The maximum atomic E-state index is 12.8. The highest BCUT2D eigenvalue weighted by atomic mass is 16.2. The normalized spacial score (nSPS) is 17.5. The van der Waals surface area contributed by atoms with E-state index in [9.17, 15) is 4.79 Å². The minimum Gasteiger partial charge on any atom is -0.338 e. The third-order valence-electron chi connectivity index (χ3n) is 4.00. The number of hydrogen-bond acceptors (Lipinski definition) is 2. The minimum atomic E-state index is 0.110. The fraction of sp³-hybridized carbons (Fsp3) is 0.500. The van der Waals surface area contributed by atoms with Gasteiger partial charge in [-0.05, 0) is 37.8 Å². The average Bonchev–Trinajstić information content (AvgIpc) is 2.94. The van der Waals surface area contributed by atoms with E-state index in [1.165, 1.54) is 12.8 Å². The molecule has 1 atom stereocenters. The number of nitrogens with two attached hydrogens (primary N) is 1. The van der Waals surface area contributed by atoms with Crippen molar-refractivity contribution in [3.8, 4) is 11.8 Å². The number of rotatable bonds is 3. The van der Waals surface area contributed by atoms with Crippen LogP contribution in [0.5, 0.6) is 0 Å². The molecule has 21 heavy (non-hydrogen) atoms. The molecule has 112 valence electrons. The smallest absolute Gasteiger partial charge is 0.255 e. The van der Waals surface area contributed by atoms with E-state index in [0.29, 0.717) is 18.0 Å². The predicted molar refractivity (Wildman–Crippen MR) is 86.0 cm³/mol. The number of benzene rings is 1. The van der Waals surface area contributed by atoms with Gasteiger partial charge in [0.05, 0.1) is 12.1 Å². The first kappa shape index (κ1) is 15.6. The molecule has 0 saturated carbocycles. The number of hydrogen-bond donors (Lipinski definition) is 1. The van der Waals surface area contributed by atoms with Gasteiger partial charge in [0.2, 0.25) is 0 Å². The van der Waals surface area contributed by atoms with Crippen LogP contribution in [0.25, 0.3) is 0 Å². The Balaban J connectivity index is 2.21. The van der Waals surface area contributed by atoms with Gasteiger partial charge in [-0.2, -0.15) is 0 Å². The van der Waals surface area contributed by atoms with Gasteiger partial charge in [0.15, 0.2) is 0 Å².